The van der Waals surface area contributed by atoms with Crippen LogP contribution in [0, 0.1) is 5.82 Å². The van der Waals surface area contributed by atoms with E-state index in [0.717, 1.165) is 11.8 Å². The van der Waals surface area contributed by atoms with Gasteiger partial charge in [0.15, 0.2) is 8.32 Å². The van der Waals surface area contributed by atoms with Gasteiger partial charge in [0.1, 0.15) is 11.4 Å². The van der Waals surface area contributed by atoms with Crippen molar-refractivity contribution in [3.05, 3.63) is 65.2 Å². The fourth-order valence-electron chi connectivity index (χ4n) is 4.51. The first-order valence-electron chi connectivity index (χ1n) is 13.1. The van der Waals surface area contributed by atoms with Gasteiger partial charge in [0.25, 0.3) is 0 Å². The molecule has 0 saturated carbocycles. The second kappa shape index (κ2) is 11.1. The summed E-state index contributed by atoms with van der Waals surface area (Å²) in [6, 6.07) is 7.57. The molecule has 38 heavy (non-hydrogen) atoms. The second-order valence-electron chi connectivity index (χ2n) is 12.6. The lowest BCUT2D eigenvalue weighted by Crippen LogP contribution is -2.50. The molecule has 1 N–H and O–H groups in total. The molecule has 0 bridgehead atoms. The van der Waals surface area contributed by atoms with Crippen LogP contribution in [0.25, 0.3) is 0 Å². The Balaban J connectivity index is 2.02. The number of likely N-dealkylation sites (tertiary alicyclic amines) is 1. The largest absolute Gasteiger partial charge is 0.478 e. The van der Waals surface area contributed by atoms with Crippen LogP contribution in [0.15, 0.2) is 42.7 Å². The van der Waals surface area contributed by atoms with Crippen LogP contribution < -0.4 is 0 Å². The Kier molecular flexibility index (Phi) is 8.73. The maximum Gasteiger partial charge on any atom is 0.410 e. The number of nitrogens with zero attached hydrogens (tertiary/aromatic N) is 2. The Hall–Kier alpha value is -2.78. The Morgan fingerprint density at radius 2 is 1.74 bits per heavy atom. The van der Waals surface area contributed by atoms with Crippen molar-refractivity contribution in [2.24, 2.45) is 0 Å². The molecule has 1 amide bonds. The number of hydrogen-bond acceptors (Lipinski definition) is 5. The SMILES string of the molecule is CC(C)(C)OC(=O)N1[C@H](Cc2ccc(C(=O)O)cc2)CC[C@@H]1[C@H](O[Si](C)(C)C(C)(C)C)c1cncc(F)c1. The fraction of sp³-hybridized carbons (Fsp3) is 0.552. The third-order valence-corrected chi connectivity index (χ3v) is 11.9. The van der Waals surface area contributed by atoms with Gasteiger partial charge in [0.05, 0.1) is 23.9 Å². The molecule has 1 aliphatic heterocycles. The van der Waals surface area contributed by atoms with Gasteiger partial charge in [-0.1, -0.05) is 32.9 Å². The molecular formula is C29H41FN2O5Si. The van der Waals surface area contributed by atoms with E-state index in [1.807, 2.05) is 20.8 Å². The predicted molar refractivity (Wildman–Crippen MR) is 147 cm³/mol. The van der Waals surface area contributed by atoms with E-state index in [4.69, 9.17) is 9.16 Å². The van der Waals surface area contributed by atoms with Gasteiger partial charge in [-0.05, 0) is 81.9 Å². The smallest absolute Gasteiger partial charge is 0.410 e. The summed E-state index contributed by atoms with van der Waals surface area (Å²) >= 11 is 0. The molecule has 0 unspecified atom stereocenters. The summed E-state index contributed by atoms with van der Waals surface area (Å²) in [5.74, 6) is -1.44. The highest BCUT2D eigenvalue weighted by Crippen LogP contribution is 2.44. The van der Waals surface area contributed by atoms with E-state index >= 15 is 0 Å². The summed E-state index contributed by atoms with van der Waals surface area (Å²) in [7, 11) is -2.34. The van der Waals surface area contributed by atoms with E-state index in [2.05, 4.69) is 38.8 Å². The van der Waals surface area contributed by atoms with Crippen LogP contribution in [-0.2, 0) is 15.6 Å². The zero-order valence-corrected chi connectivity index (χ0v) is 24.7. The number of carbonyl (C=O) groups excluding carboxylic acids is 1. The van der Waals surface area contributed by atoms with E-state index in [1.54, 1.807) is 35.4 Å². The molecule has 1 fully saturated rings. The van der Waals surface area contributed by atoms with Gasteiger partial charge in [-0.3, -0.25) is 9.88 Å². The normalized spacial score (nSPS) is 19.3. The number of carboxylic acids is 1. The molecule has 208 valence electrons. The van der Waals surface area contributed by atoms with Crippen molar-refractivity contribution in [3.63, 3.8) is 0 Å². The highest BCUT2D eigenvalue weighted by molar-refractivity contribution is 6.74. The standard InChI is InChI=1S/C29H41FN2O5Si/c1-28(2,3)36-27(35)32-23(15-19-9-11-20(12-10-19)26(33)34)13-14-24(32)25(21-16-22(30)18-31-17-21)37-38(7,8)29(4,5)6/h9-12,16-18,23-25H,13-15H2,1-8H3,(H,33,34)/t23-,24+,25+/m0/s1. The van der Waals surface area contributed by atoms with E-state index in [-0.39, 0.29) is 22.7 Å². The van der Waals surface area contributed by atoms with E-state index in [0.29, 0.717) is 24.8 Å². The number of aromatic nitrogens is 1. The van der Waals surface area contributed by atoms with Gasteiger partial charge < -0.3 is 14.3 Å². The van der Waals surface area contributed by atoms with E-state index in [1.165, 1.54) is 6.07 Å². The van der Waals surface area contributed by atoms with Gasteiger partial charge >= 0.3 is 12.1 Å². The van der Waals surface area contributed by atoms with Crippen molar-refractivity contribution in [2.75, 3.05) is 0 Å². The molecule has 2 aromatic rings. The number of hydrogen-bond donors (Lipinski definition) is 1. The molecule has 0 aliphatic carbocycles. The van der Waals surface area contributed by atoms with Crippen molar-refractivity contribution in [3.8, 4) is 0 Å². The highest BCUT2D eigenvalue weighted by atomic mass is 28.4. The van der Waals surface area contributed by atoms with Crippen molar-refractivity contribution >= 4 is 20.4 Å². The number of carbonyl (C=O) groups is 2. The maximum absolute atomic E-state index is 14.4. The van der Waals surface area contributed by atoms with Crippen LogP contribution in [0.1, 0.15) is 82.0 Å². The third-order valence-electron chi connectivity index (χ3n) is 7.45. The van der Waals surface area contributed by atoms with Crippen molar-refractivity contribution in [2.45, 2.75) is 103 Å². The van der Waals surface area contributed by atoms with E-state index < -0.39 is 37.9 Å². The number of ether oxygens (including phenoxy) is 1. The quantitative estimate of drug-likeness (QED) is 0.378. The zero-order chi connectivity index (χ0) is 28.5. The Morgan fingerprint density at radius 1 is 1.11 bits per heavy atom. The van der Waals surface area contributed by atoms with Gasteiger partial charge in [-0.15, -0.1) is 0 Å². The molecule has 1 saturated heterocycles. The second-order valence-corrected chi connectivity index (χ2v) is 17.4. The Labute approximate surface area is 226 Å². The summed E-state index contributed by atoms with van der Waals surface area (Å²) in [6.07, 6.45) is 3.64. The minimum atomic E-state index is -2.34. The number of aromatic carboxylic acids is 1. The molecule has 2 heterocycles. The van der Waals surface area contributed by atoms with Crippen molar-refractivity contribution in [1.29, 1.82) is 0 Å². The molecule has 0 spiro atoms. The Morgan fingerprint density at radius 3 is 2.26 bits per heavy atom. The van der Waals surface area contributed by atoms with Gasteiger partial charge in [0, 0.05) is 17.8 Å². The maximum atomic E-state index is 14.4. The lowest BCUT2D eigenvalue weighted by atomic mass is 10.0. The molecule has 3 atom stereocenters. The summed E-state index contributed by atoms with van der Waals surface area (Å²) in [5, 5.41) is 9.14. The number of benzene rings is 1. The average molecular weight is 545 g/mol. The van der Waals surface area contributed by atoms with Crippen LogP contribution in [0.4, 0.5) is 9.18 Å². The highest BCUT2D eigenvalue weighted by Gasteiger charge is 2.47. The lowest BCUT2D eigenvalue weighted by molar-refractivity contribution is -0.00247. The average Bonchev–Trinajstić information content (AvgIpc) is 3.19. The number of halogens is 1. The monoisotopic (exact) mass is 544 g/mol. The first kappa shape index (κ1) is 29.8. The topological polar surface area (TPSA) is 89.0 Å². The number of pyridine rings is 1. The summed E-state index contributed by atoms with van der Waals surface area (Å²) in [4.78, 5) is 30.8. The summed E-state index contributed by atoms with van der Waals surface area (Å²) in [6.45, 7) is 16.2. The van der Waals surface area contributed by atoms with Gasteiger partial charge in [0.2, 0.25) is 0 Å². The van der Waals surface area contributed by atoms with Crippen LogP contribution in [0.5, 0.6) is 0 Å². The first-order valence-corrected chi connectivity index (χ1v) is 16.0. The van der Waals surface area contributed by atoms with Crippen LogP contribution in [0.2, 0.25) is 18.1 Å². The minimum Gasteiger partial charge on any atom is -0.478 e. The molecule has 1 aromatic carbocycles. The molecular weight excluding hydrogens is 503 g/mol. The van der Waals surface area contributed by atoms with Crippen molar-refractivity contribution < 1.29 is 28.2 Å². The number of rotatable bonds is 7. The molecule has 7 nitrogen and oxygen atoms in total. The number of amides is 1. The van der Waals surface area contributed by atoms with Crippen LogP contribution in [-0.4, -0.2) is 53.1 Å². The molecule has 1 aromatic heterocycles. The summed E-state index contributed by atoms with van der Waals surface area (Å²) < 4.78 is 27.1. The number of carboxylic acid groups (broad SMARTS) is 1. The van der Waals surface area contributed by atoms with Crippen LogP contribution in [0.3, 0.4) is 0 Å². The fourth-order valence-corrected chi connectivity index (χ4v) is 5.79. The molecule has 9 heteroatoms. The van der Waals surface area contributed by atoms with E-state index in [9.17, 15) is 19.1 Å². The first-order chi connectivity index (χ1) is 17.5. The third kappa shape index (κ3) is 7.20. The van der Waals surface area contributed by atoms with Gasteiger partial charge in [-0.25, -0.2) is 14.0 Å². The van der Waals surface area contributed by atoms with Gasteiger partial charge in [-0.2, -0.15) is 0 Å². The van der Waals surface area contributed by atoms with Crippen LogP contribution >= 0.6 is 0 Å². The zero-order valence-electron chi connectivity index (χ0n) is 23.7. The van der Waals surface area contributed by atoms with Crippen molar-refractivity contribution in [1.82, 2.24) is 9.88 Å². The molecule has 3 rings (SSSR count). The summed E-state index contributed by atoms with van der Waals surface area (Å²) in [5.41, 5.74) is 1.03. The lowest BCUT2D eigenvalue weighted by Gasteiger charge is -2.43. The predicted octanol–water partition coefficient (Wildman–Crippen LogP) is 6.99. The molecule has 1 aliphatic rings. The minimum absolute atomic E-state index is 0.105. The molecule has 0 radical (unpaired) electrons. The Bertz CT molecular complexity index is 1140.